The Morgan fingerprint density at radius 3 is 1.15 bits per heavy atom. The number of halogens is 2. The number of nitrogens with zero attached hydrogens (tertiary/aromatic N) is 3. The van der Waals surface area contributed by atoms with E-state index in [1.807, 2.05) is 200 Å². The monoisotopic (exact) mass is 1510 g/mol. The number of likely N-dealkylation sites (tertiary alicyclic amines) is 3. The van der Waals surface area contributed by atoms with Gasteiger partial charge in [0.1, 0.15) is 23.9 Å². The molecule has 0 unspecified atom stereocenters. The molecule has 0 saturated carbocycles. The lowest BCUT2D eigenvalue weighted by Crippen LogP contribution is -2.43. The lowest BCUT2D eigenvalue weighted by atomic mass is 10.1. The van der Waals surface area contributed by atoms with Gasteiger partial charge in [-0.05, 0) is 193 Å². The first-order valence-corrected chi connectivity index (χ1v) is 36.3. The van der Waals surface area contributed by atoms with Crippen LogP contribution in [0, 0.1) is 0 Å². The number of rotatable bonds is 15. The number of hydrogen-bond acceptors (Lipinski definition) is 8. The third kappa shape index (κ3) is 17.7. The van der Waals surface area contributed by atoms with Crippen molar-refractivity contribution < 1.29 is 38.3 Å². The Hall–Kier alpha value is -11.5. The van der Waals surface area contributed by atoms with E-state index in [0.717, 1.165) is 129 Å². The van der Waals surface area contributed by atoms with Crippen LogP contribution in [0.3, 0.4) is 0 Å². The number of furan rings is 1. The van der Waals surface area contributed by atoms with Crippen LogP contribution in [0.5, 0.6) is 0 Å². The van der Waals surface area contributed by atoms with Crippen molar-refractivity contribution >= 4 is 117 Å². The molecule has 3 fully saturated rings. The molecule has 0 spiro atoms. The summed E-state index contributed by atoms with van der Waals surface area (Å²) in [5.74, 6) is -0.426. The van der Waals surface area contributed by atoms with Crippen LogP contribution in [0.2, 0.25) is 0 Å². The molecule has 3 aliphatic heterocycles. The third-order valence-corrected chi connectivity index (χ3v) is 19.9. The van der Waals surface area contributed by atoms with E-state index in [0.29, 0.717) is 57.4 Å². The number of H-pyrrole nitrogens is 3. The first-order valence-electron chi connectivity index (χ1n) is 34.8. The number of nitrogens with two attached hydrogens (primary N) is 1. The first-order chi connectivity index (χ1) is 50.6. The highest BCUT2D eigenvalue weighted by Gasteiger charge is 2.36. The van der Waals surface area contributed by atoms with E-state index in [2.05, 4.69) is 106 Å². The number of nitrogens with one attached hydrogen (secondary N) is 5. The second-order valence-electron chi connectivity index (χ2n) is 26.1. The number of aromatic nitrogens is 3. The largest absolute Gasteiger partial charge is 0.480 e. The van der Waals surface area contributed by atoms with Gasteiger partial charge in [-0.25, -0.2) is 4.79 Å². The quantitative estimate of drug-likeness (QED) is 0.0482. The Morgan fingerprint density at radius 1 is 0.413 bits per heavy atom. The summed E-state index contributed by atoms with van der Waals surface area (Å²) in [6, 6.07) is 79.4. The Labute approximate surface area is 618 Å². The summed E-state index contributed by atoms with van der Waals surface area (Å²) in [5, 5.41) is 18.4. The molecule has 104 heavy (non-hydrogen) atoms. The van der Waals surface area contributed by atoms with E-state index in [4.69, 9.17) is 15.3 Å². The van der Waals surface area contributed by atoms with Crippen LogP contribution in [0.15, 0.2) is 268 Å². The molecule has 3 aliphatic rings. The smallest absolute Gasteiger partial charge is 0.326 e. The van der Waals surface area contributed by atoms with Crippen molar-refractivity contribution in [1.29, 1.82) is 0 Å². The Kier molecular flexibility index (Phi) is 22.5. The normalized spacial score (nSPS) is 15.3. The number of anilines is 3. The summed E-state index contributed by atoms with van der Waals surface area (Å²) in [6.45, 7) is 1.80. The Morgan fingerprint density at radius 2 is 0.769 bits per heavy atom. The van der Waals surface area contributed by atoms with Crippen LogP contribution in [0.4, 0.5) is 17.1 Å². The number of amides is 5. The fourth-order valence-corrected chi connectivity index (χ4v) is 14.4. The molecule has 16 rings (SSSR count). The molecule has 3 saturated heterocycles. The summed E-state index contributed by atoms with van der Waals surface area (Å²) in [5.41, 5.74) is 21.4. The number of benzene rings is 9. The highest BCUT2D eigenvalue weighted by molar-refractivity contribution is 9.10. The van der Waals surface area contributed by atoms with Gasteiger partial charge in [-0.15, -0.1) is 0 Å². The van der Waals surface area contributed by atoms with Crippen molar-refractivity contribution in [2.75, 3.05) is 36.0 Å². The highest BCUT2D eigenvalue weighted by atomic mass is 79.9. The molecule has 8 N–H and O–H groups in total. The van der Waals surface area contributed by atoms with Crippen molar-refractivity contribution in [3.05, 3.63) is 281 Å². The minimum atomic E-state index is -0.899. The first kappa shape index (κ1) is 70.9. The van der Waals surface area contributed by atoms with Crippen molar-refractivity contribution in [1.82, 2.24) is 29.7 Å². The summed E-state index contributed by atoms with van der Waals surface area (Å²) < 4.78 is 7.66. The molecule has 0 aliphatic carbocycles. The Bertz CT molecular complexity index is 5140. The second-order valence-corrected chi connectivity index (χ2v) is 27.9. The molecule has 0 radical (unpaired) electrons. The maximum Gasteiger partial charge on any atom is 0.326 e. The molecular weight excluding hydrogens is 1430 g/mol. The summed E-state index contributed by atoms with van der Waals surface area (Å²) in [4.78, 5) is 89.9. The number of carbonyl (C=O) groups is 6. The zero-order valence-electron chi connectivity index (χ0n) is 56.9. The predicted molar refractivity (Wildman–Crippen MR) is 418 cm³/mol. The van der Waals surface area contributed by atoms with E-state index in [1.165, 1.54) is 10.3 Å². The van der Waals surface area contributed by atoms with E-state index in [1.54, 1.807) is 16.1 Å². The second kappa shape index (κ2) is 33.1. The molecule has 17 nitrogen and oxygen atoms in total. The van der Waals surface area contributed by atoms with E-state index >= 15 is 0 Å². The minimum absolute atomic E-state index is 0.000328. The van der Waals surface area contributed by atoms with Crippen LogP contribution in [-0.2, 0) is 48.0 Å². The molecule has 0 bridgehead atoms. The number of nitrogen functional groups attached to an aromatic ring is 1. The number of hydrogen-bond donors (Lipinski definition) is 7. The van der Waals surface area contributed by atoms with Crippen molar-refractivity contribution in [3.8, 4) is 45.1 Å². The molecule has 5 amide bonds. The van der Waals surface area contributed by atoms with Gasteiger partial charge in [0.15, 0.2) is 0 Å². The topological polar surface area (TPSA) is 243 Å². The van der Waals surface area contributed by atoms with Gasteiger partial charge in [-0.2, -0.15) is 0 Å². The van der Waals surface area contributed by atoms with Gasteiger partial charge >= 0.3 is 5.97 Å². The van der Waals surface area contributed by atoms with Crippen molar-refractivity contribution in [2.45, 2.75) is 75.9 Å². The number of aliphatic carboxylic acids is 1. The molecule has 524 valence electrons. The van der Waals surface area contributed by atoms with E-state index in [9.17, 15) is 28.8 Å². The van der Waals surface area contributed by atoms with Crippen LogP contribution in [-0.4, -0.2) is 108 Å². The lowest BCUT2D eigenvalue weighted by molar-refractivity contribution is -0.148. The summed E-state index contributed by atoms with van der Waals surface area (Å²) >= 11 is 6.99. The summed E-state index contributed by atoms with van der Waals surface area (Å²) in [6.07, 6.45) is 6.97. The zero-order chi connectivity index (χ0) is 72.1. The van der Waals surface area contributed by atoms with Gasteiger partial charge in [-0.3, -0.25) is 24.0 Å². The molecular formula is C85H77Br2N9O8. The number of carbonyl (C=O) groups excluding carboxylic acids is 5. The van der Waals surface area contributed by atoms with Gasteiger partial charge in [0.25, 0.3) is 0 Å². The van der Waals surface area contributed by atoms with Gasteiger partial charge in [0.2, 0.25) is 29.5 Å². The molecule has 4 aromatic heterocycles. The standard InChI is InChI=1S/C31H27N3O3.C27H24BrN3O2.C14H11BrN2.C13H15NO3/c35-30(18-21-6-2-1-3-7-21)34-16-4-8-28(34)31(36)32-25-13-10-22(11-14-25)27-20-24-19-23(12-15-26(24)33-27)29-9-5-17-37-29;28-21-10-13-23-20(16-21)17-24(30-23)19-8-11-22(12-9-19)29-27(33)25-7-4-14-31(25)26(32)15-18-5-2-1-3-6-18;15-11-3-6-13-10(7-11)8-14(17-13)9-1-4-12(16)5-2-9;15-12(9-10-5-2-1-3-6-10)14-8-4-7-11(14)13(16)17/h1-3,5-7,9-15,17,19-20,28,33H,4,8,16,18H2,(H,32,36);1-3,5-6,8-13,16-17,25,30H,4,7,14-15H2,(H,29,33);1-8,17H,16H2;1-3,5-6,11H,4,7-9H2,(H,16,17)/t28-;25-;;11-/m00.0/s1. The van der Waals surface area contributed by atoms with E-state index in [-0.39, 0.29) is 36.0 Å². The van der Waals surface area contributed by atoms with Crippen molar-refractivity contribution in [3.63, 3.8) is 0 Å². The number of carboxylic acids is 1. The minimum Gasteiger partial charge on any atom is -0.480 e. The van der Waals surface area contributed by atoms with Crippen LogP contribution < -0.4 is 16.4 Å². The zero-order valence-corrected chi connectivity index (χ0v) is 60.1. The number of carboxylic acid groups (broad SMARTS) is 1. The fraction of sp³-hybridized carbons (Fsp3) is 0.176. The van der Waals surface area contributed by atoms with Crippen LogP contribution in [0.25, 0.3) is 77.8 Å². The average molecular weight is 1510 g/mol. The van der Waals surface area contributed by atoms with Gasteiger partial charge in [-0.1, -0.05) is 159 Å². The van der Waals surface area contributed by atoms with Crippen molar-refractivity contribution in [2.24, 2.45) is 0 Å². The average Bonchev–Trinajstić information content (AvgIpc) is 1.67. The Balaban J connectivity index is 0.000000130. The third-order valence-electron chi connectivity index (χ3n) is 18.9. The van der Waals surface area contributed by atoms with Gasteiger partial charge in [0, 0.05) is 101 Å². The highest BCUT2D eigenvalue weighted by Crippen LogP contribution is 2.33. The lowest BCUT2D eigenvalue weighted by Gasteiger charge is -2.24. The molecule has 13 aromatic rings. The number of fused-ring (bicyclic) bond motifs is 3. The SMILES string of the molecule is Nc1ccc(-c2cc3cc(Br)ccc3[nH]2)cc1.O=C(Nc1ccc(-c2cc3cc(-c4ccco4)ccc3[nH]2)cc1)[C@@H]1CCCN1C(=O)Cc1ccccc1.O=C(Nc1ccc(-c2cc3cc(Br)ccc3[nH]2)cc1)[C@@H]1CCCN1C(=O)Cc1ccccc1.O=C(O)[C@@H]1CCCN1C(=O)Cc1ccccc1. The van der Waals surface area contributed by atoms with E-state index < -0.39 is 24.1 Å². The van der Waals surface area contributed by atoms with Crippen LogP contribution >= 0.6 is 31.9 Å². The predicted octanol–water partition coefficient (Wildman–Crippen LogP) is 17.5. The maximum atomic E-state index is 13.1. The number of aromatic amines is 3. The molecule has 3 atom stereocenters. The molecule has 19 heteroatoms. The molecule has 9 aromatic carbocycles. The maximum absolute atomic E-state index is 13.1. The van der Waals surface area contributed by atoms with Gasteiger partial charge in [0.05, 0.1) is 25.5 Å². The molecule has 7 heterocycles. The van der Waals surface area contributed by atoms with Gasteiger partial charge < -0.3 is 55.5 Å². The van der Waals surface area contributed by atoms with Crippen LogP contribution in [0.1, 0.15) is 55.2 Å². The fourth-order valence-electron chi connectivity index (χ4n) is 13.6. The summed E-state index contributed by atoms with van der Waals surface area (Å²) in [7, 11) is 0.